The highest BCUT2D eigenvalue weighted by Gasteiger charge is 2.22. The SMILES string of the molecule is c1ccc(-c2nc3ccccc3nc2-c2ccc3c(c2)c2ccccc2n2c4ccccc4c4ccc5c6c7ccccc7ccc6n3c5c42)cc1. The minimum atomic E-state index is 0.870. The topological polar surface area (TPSA) is 34.6 Å². The standard InChI is InChI=1S/C48H28N4/c1-2-13-30(14-3-1)45-46(50-39-19-9-8-18-38(39)49-45)31-23-26-42-37(28-31)34-17-7-11-21-41(34)51-40-20-10-6-16-33(40)35-24-25-36-44-32-15-5-4-12-29(32)22-27-43(44)52(42)48(36)47(35)51/h1-28H. The van der Waals surface area contributed by atoms with Crippen LogP contribution in [0, 0.1) is 0 Å². The quantitative estimate of drug-likeness (QED) is 0.185. The van der Waals surface area contributed by atoms with Crippen molar-refractivity contribution in [3.05, 3.63) is 170 Å². The van der Waals surface area contributed by atoms with Gasteiger partial charge in [-0.05, 0) is 53.2 Å². The van der Waals surface area contributed by atoms with E-state index in [1.165, 1.54) is 59.8 Å². The fourth-order valence-electron chi connectivity index (χ4n) is 8.81. The first-order valence-electron chi connectivity index (χ1n) is 17.8. The van der Waals surface area contributed by atoms with E-state index in [4.69, 9.17) is 9.97 Å². The highest BCUT2D eigenvalue weighted by atomic mass is 15.0. The first kappa shape index (κ1) is 27.7. The van der Waals surface area contributed by atoms with Crippen molar-refractivity contribution in [2.45, 2.75) is 0 Å². The molecule has 52 heavy (non-hydrogen) atoms. The van der Waals surface area contributed by atoms with Gasteiger partial charge in [-0.3, -0.25) is 0 Å². The van der Waals surface area contributed by atoms with Crippen molar-refractivity contribution in [3.63, 3.8) is 0 Å². The summed E-state index contributed by atoms with van der Waals surface area (Å²) < 4.78 is 5.02. The number of nitrogens with zero attached hydrogens (tertiary/aromatic N) is 4. The molecule has 0 spiro atoms. The zero-order valence-electron chi connectivity index (χ0n) is 28.0. The molecule has 4 aromatic heterocycles. The highest BCUT2D eigenvalue weighted by Crippen LogP contribution is 2.44. The van der Waals surface area contributed by atoms with E-state index in [9.17, 15) is 0 Å². The Kier molecular flexibility index (Phi) is 5.47. The monoisotopic (exact) mass is 660 g/mol. The van der Waals surface area contributed by atoms with Crippen LogP contribution in [0.2, 0.25) is 0 Å². The van der Waals surface area contributed by atoms with E-state index in [0.717, 1.165) is 50.0 Å². The van der Waals surface area contributed by atoms with Gasteiger partial charge in [-0.25, -0.2) is 9.97 Å². The van der Waals surface area contributed by atoms with Crippen LogP contribution in [-0.4, -0.2) is 18.8 Å². The lowest BCUT2D eigenvalue weighted by Crippen LogP contribution is -1.97. The van der Waals surface area contributed by atoms with Crippen LogP contribution in [0.15, 0.2) is 170 Å². The molecule has 0 amide bonds. The highest BCUT2D eigenvalue weighted by molar-refractivity contribution is 6.29. The van der Waals surface area contributed by atoms with Crippen molar-refractivity contribution < 1.29 is 0 Å². The molecule has 0 N–H and O–H groups in total. The van der Waals surface area contributed by atoms with Gasteiger partial charge in [-0.15, -0.1) is 0 Å². The lowest BCUT2D eigenvalue weighted by molar-refractivity contribution is 1.29. The van der Waals surface area contributed by atoms with Gasteiger partial charge in [-0.2, -0.15) is 0 Å². The maximum atomic E-state index is 5.31. The molecule has 0 saturated heterocycles. The second kappa shape index (κ2) is 10.3. The fourth-order valence-corrected chi connectivity index (χ4v) is 8.81. The number of rotatable bonds is 2. The van der Waals surface area contributed by atoms with Gasteiger partial charge in [0.2, 0.25) is 0 Å². The van der Waals surface area contributed by atoms with Gasteiger partial charge >= 0.3 is 0 Å². The zero-order valence-corrected chi connectivity index (χ0v) is 28.0. The third-order valence-corrected chi connectivity index (χ3v) is 11.0. The molecular formula is C48H28N4. The zero-order chi connectivity index (χ0) is 33.9. The molecule has 240 valence electrons. The van der Waals surface area contributed by atoms with E-state index < -0.39 is 0 Å². The van der Waals surface area contributed by atoms with E-state index in [-0.39, 0.29) is 0 Å². The molecule has 0 bridgehead atoms. The first-order valence-corrected chi connectivity index (χ1v) is 17.8. The molecule has 0 radical (unpaired) electrons. The van der Waals surface area contributed by atoms with Crippen molar-refractivity contribution in [2.24, 2.45) is 0 Å². The Morgan fingerprint density at radius 3 is 1.63 bits per heavy atom. The Hall–Kier alpha value is -7.04. The van der Waals surface area contributed by atoms with Crippen LogP contribution in [0.3, 0.4) is 0 Å². The van der Waals surface area contributed by atoms with E-state index in [1.807, 2.05) is 24.3 Å². The fraction of sp³-hybridized carbons (Fsp3) is 0. The molecule has 0 fully saturated rings. The Bertz CT molecular complexity index is 3460. The number of aromatic nitrogens is 4. The summed E-state index contributed by atoms with van der Waals surface area (Å²) in [6.07, 6.45) is 0. The summed E-state index contributed by atoms with van der Waals surface area (Å²) in [5.41, 5.74) is 12.7. The molecule has 0 saturated carbocycles. The summed E-state index contributed by atoms with van der Waals surface area (Å²) in [5, 5.41) is 9.86. The Morgan fingerprint density at radius 1 is 0.327 bits per heavy atom. The van der Waals surface area contributed by atoms with Crippen LogP contribution >= 0.6 is 0 Å². The van der Waals surface area contributed by atoms with Gasteiger partial charge in [0.05, 0.1) is 55.5 Å². The minimum Gasteiger partial charge on any atom is -0.307 e. The molecular weight excluding hydrogens is 633 g/mol. The van der Waals surface area contributed by atoms with Crippen molar-refractivity contribution >= 4 is 87.2 Å². The van der Waals surface area contributed by atoms with Gasteiger partial charge in [0.1, 0.15) is 0 Å². The van der Waals surface area contributed by atoms with Crippen molar-refractivity contribution in [2.75, 3.05) is 0 Å². The second-order valence-electron chi connectivity index (χ2n) is 13.8. The number of para-hydroxylation sites is 4. The molecule has 12 aromatic rings. The van der Waals surface area contributed by atoms with Gasteiger partial charge < -0.3 is 8.80 Å². The molecule has 4 nitrogen and oxygen atoms in total. The summed E-state index contributed by atoms with van der Waals surface area (Å²) >= 11 is 0. The largest absolute Gasteiger partial charge is 0.307 e. The Morgan fingerprint density at radius 2 is 0.865 bits per heavy atom. The molecule has 0 atom stereocenters. The maximum absolute atomic E-state index is 5.31. The smallest absolute Gasteiger partial charge is 0.0973 e. The predicted octanol–water partition coefficient (Wildman–Crippen LogP) is 12.4. The molecule has 0 aliphatic heterocycles. The van der Waals surface area contributed by atoms with Crippen LogP contribution in [0.1, 0.15) is 0 Å². The van der Waals surface area contributed by atoms with E-state index in [1.54, 1.807) is 0 Å². The van der Waals surface area contributed by atoms with Crippen LogP contribution in [0.5, 0.6) is 0 Å². The van der Waals surface area contributed by atoms with Crippen molar-refractivity contribution in [1.29, 1.82) is 0 Å². The second-order valence-corrected chi connectivity index (χ2v) is 13.8. The Labute approximate surface area is 297 Å². The van der Waals surface area contributed by atoms with Crippen molar-refractivity contribution in [3.8, 4) is 22.5 Å². The maximum Gasteiger partial charge on any atom is 0.0973 e. The summed E-state index contributed by atoms with van der Waals surface area (Å²) in [6.45, 7) is 0. The average Bonchev–Trinajstić information content (AvgIpc) is 3.73. The third kappa shape index (κ3) is 3.65. The number of hydrogen-bond donors (Lipinski definition) is 0. The van der Waals surface area contributed by atoms with Crippen LogP contribution in [0.4, 0.5) is 0 Å². The summed E-state index contributed by atoms with van der Waals surface area (Å²) in [4.78, 5) is 10.5. The van der Waals surface area contributed by atoms with Gasteiger partial charge in [0.25, 0.3) is 0 Å². The van der Waals surface area contributed by atoms with Gasteiger partial charge in [-0.1, -0.05) is 127 Å². The normalized spacial score (nSPS) is 12.2. The molecule has 0 unspecified atom stereocenters. The molecule has 4 heterocycles. The molecule has 0 aliphatic carbocycles. The first-order chi connectivity index (χ1) is 25.8. The van der Waals surface area contributed by atoms with Crippen LogP contribution in [0.25, 0.3) is 110 Å². The van der Waals surface area contributed by atoms with Gasteiger partial charge in [0, 0.05) is 43.4 Å². The molecule has 8 aromatic carbocycles. The molecule has 4 heteroatoms. The summed E-state index contributed by atoms with van der Waals surface area (Å²) in [5.74, 6) is 0. The van der Waals surface area contributed by atoms with Crippen molar-refractivity contribution in [1.82, 2.24) is 18.8 Å². The number of benzene rings is 8. The minimum absolute atomic E-state index is 0.870. The third-order valence-electron chi connectivity index (χ3n) is 11.0. The summed E-state index contributed by atoms with van der Waals surface area (Å²) in [7, 11) is 0. The van der Waals surface area contributed by atoms with Gasteiger partial charge in [0.15, 0.2) is 0 Å². The average molecular weight is 661 g/mol. The van der Waals surface area contributed by atoms with Crippen LogP contribution < -0.4 is 0 Å². The summed E-state index contributed by atoms with van der Waals surface area (Å²) in [6, 6.07) is 61.2. The molecule has 0 aliphatic rings. The van der Waals surface area contributed by atoms with E-state index in [0.29, 0.717) is 0 Å². The predicted molar refractivity (Wildman–Crippen MR) is 217 cm³/mol. The molecule has 12 rings (SSSR count). The number of fused-ring (bicyclic) bond motifs is 14. The lowest BCUT2D eigenvalue weighted by atomic mass is 10.0. The van der Waals surface area contributed by atoms with E-state index >= 15 is 0 Å². The number of hydrogen-bond acceptors (Lipinski definition) is 2. The van der Waals surface area contributed by atoms with Crippen LogP contribution in [-0.2, 0) is 0 Å². The Balaban J connectivity index is 1.34. The van der Waals surface area contributed by atoms with E-state index in [2.05, 4.69) is 154 Å². The lowest BCUT2D eigenvalue weighted by Gasteiger charge is -2.14.